The van der Waals surface area contributed by atoms with Gasteiger partial charge in [-0.25, -0.2) is 4.68 Å². The molecule has 1 fully saturated rings. The fourth-order valence-electron chi connectivity index (χ4n) is 4.67. The van der Waals surface area contributed by atoms with E-state index in [1.165, 1.54) is 12.8 Å². The fourth-order valence-corrected chi connectivity index (χ4v) is 4.67. The number of hydrogen-bond acceptors (Lipinski definition) is 6. The van der Waals surface area contributed by atoms with E-state index in [-0.39, 0.29) is 5.56 Å². The van der Waals surface area contributed by atoms with E-state index in [0.29, 0.717) is 25.7 Å². The lowest BCUT2D eigenvalue weighted by Crippen LogP contribution is -2.35. The summed E-state index contributed by atoms with van der Waals surface area (Å²) in [7, 11) is 1.65. The van der Waals surface area contributed by atoms with Gasteiger partial charge in [-0.15, -0.1) is 5.10 Å². The van der Waals surface area contributed by atoms with Crippen molar-refractivity contribution in [2.75, 3.05) is 7.11 Å². The highest BCUT2D eigenvalue weighted by atomic mass is 16.5. The van der Waals surface area contributed by atoms with E-state index in [4.69, 9.17) is 4.74 Å². The van der Waals surface area contributed by atoms with Gasteiger partial charge in [0.05, 0.1) is 20.2 Å². The van der Waals surface area contributed by atoms with Crippen LogP contribution in [0.1, 0.15) is 42.6 Å². The van der Waals surface area contributed by atoms with Crippen LogP contribution in [-0.4, -0.2) is 43.2 Å². The van der Waals surface area contributed by atoms with Crippen molar-refractivity contribution in [1.82, 2.24) is 30.1 Å². The second-order valence-corrected chi connectivity index (χ2v) is 8.66. The third-order valence-electron chi connectivity index (χ3n) is 6.47. The zero-order valence-corrected chi connectivity index (χ0v) is 18.8. The summed E-state index contributed by atoms with van der Waals surface area (Å²) in [4.78, 5) is 18.3. The first-order valence-electron chi connectivity index (χ1n) is 11.4. The Kier molecular flexibility index (Phi) is 6.17. The number of hydrogen-bond donors (Lipinski definition) is 1. The summed E-state index contributed by atoms with van der Waals surface area (Å²) in [5.74, 6) is 1.58. The number of nitrogens with one attached hydrogen (secondary N) is 1. The highest BCUT2D eigenvalue weighted by Crippen LogP contribution is 2.27. The van der Waals surface area contributed by atoms with Crippen LogP contribution >= 0.6 is 0 Å². The molecule has 0 saturated heterocycles. The number of fused-ring (bicyclic) bond motifs is 1. The highest BCUT2D eigenvalue weighted by Gasteiger charge is 2.25. The maximum atomic E-state index is 12.9. The van der Waals surface area contributed by atoms with Crippen LogP contribution in [0.2, 0.25) is 0 Å². The van der Waals surface area contributed by atoms with Gasteiger partial charge in [-0.1, -0.05) is 43.2 Å². The van der Waals surface area contributed by atoms with Gasteiger partial charge in [-0.2, -0.15) is 0 Å². The fraction of sp³-hybridized carbons (Fsp3) is 0.360. The van der Waals surface area contributed by atoms with E-state index in [2.05, 4.69) is 37.5 Å². The molecular formula is C25H28N6O2. The molecule has 0 atom stereocenters. The molecule has 2 aromatic heterocycles. The number of rotatable bonds is 8. The number of benzene rings is 2. The minimum absolute atomic E-state index is 0.0560. The quantitative estimate of drug-likeness (QED) is 0.447. The number of aromatic nitrogens is 5. The summed E-state index contributed by atoms with van der Waals surface area (Å²) >= 11 is 0. The molecule has 8 heteroatoms. The lowest BCUT2D eigenvalue weighted by Gasteiger charge is -2.28. The van der Waals surface area contributed by atoms with E-state index < -0.39 is 0 Å². The molecule has 33 heavy (non-hydrogen) atoms. The molecule has 0 spiro atoms. The highest BCUT2D eigenvalue weighted by molar-refractivity contribution is 5.80. The number of nitrogens with zero attached hydrogens (tertiary/aromatic N) is 5. The third kappa shape index (κ3) is 4.80. The Morgan fingerprint density at radius 2 is 1.91 bits per heavy atom. The molecule has 2 aromatic carbocycles. The molecule has 0 bridgehead atoms. The first-order valence-corrected chi connectivity index (χ1v) is 11.4. The van der Waals surface area contributed by atoms with Crippen molar-refractivity contribution < 1.29 is 4.74 Å². The summed E-state index contributed by atoms with van der Waals surface area (Å²) in [5.41, 5.74) is 2.64. The Hall–Kier alpha value is -3.52. The maximum Gasteiger partial charge on any atom is 0.252 e. The number of aromatic amines is 1. The van der Waals surface area contributed by atoms with Gasteiger partial charge >= 0.3 is 0 Å². The van der Waals surface area contributed by atoms with Crippen molar-refractivity contribution in [3.8, 4) is 5.75 Å². The molecule has 170 valence electrons. The molecule has 0 amide bonds. The van der Waals surface area contributed by atoms with Crippen molar-refractivity contribution in [3.63, 3.8) is 0 Å². The second-order valence-electron chi connectivity index (χ2n) is 8.66. The van der Waals surface area contributed by atoms with Crippen molar-refractivity contribution in [2.45, 2.75) is 51.4 Å². The number of ether oxygens (including phenoxy) is 1. The van der Waals surface area contributed by atoms with Crippen LogP contribution in [0.25, 0.3) is 10.9 Å². The monoisotopic (exact) mass is 444 g/mol. The molecule has 1 aliphatic carbocycles. The summed E-state index contributed by atoms with van der Waals surface area (Å²) in [6, 6.07) is 18.3. The molecule has 4 aromatic rings. The SMILES string of the molecule is COc1ccc2[nH]c(=O)c(CN(Cc3nnnn3Cc3ccccc3)C3CCCC3)cc2c1. The predicted molar refractivity (Wildman–Crippen MR) is 126 cm³/mol. The molecule has 1 saturated carbocycles. The topological polar surface area (TPSA) is 88.9 Å². The van der Waals surface area contributed by atoms with E-state index >= 15 is 0 Å². The standard InChI is InChI=1S/C25H28N6O2/c1-33-22-11-12-23-19(14-22)13-20(25(32)26-23)16-30(21-9-5-6-10-21)17-24-27-28-29-31(24)15-18-7-3-2-4-8-18/h2-4,7-8,11-14,21H,5-6,9-10,15-17H2,1H3,(H,26,32). The molecule has 5 rings (SSSR count). The lowest BCUT2D eigenvalue weighted by molar-refractivity contribution is 0.172. The van der Waals surface area contributed by atoms with Gasteiger partial charge < -0.3 is 9.72 Å². The Balaban J connectivity index is 1.42. The maximum absolute atomic E-state index is 12.9. The van der Waals surface area contributed by atoms with Gasteiger partial charge in [-0.05, 0) is 53.1 Å². The summed E-state index contributed by atoms with van der Waals surface area (Å²) < 4.78 is 7.21. The first kappa shape index (κ1) is 21.3. The summed E-state index contributed by atoms with van der Waals surface area (Å²) in [5, 5.41) is 13.4. The Morgan fingerprint density at radius 1 is 1.09 bits per heavy atom. The molecule has 2 heterocycles. The zero-order chi connectivity index (χ0) is 22.6. The molecular weight excluding hydrogens is 416 g/mol. The van der Waals surface area contributed by atoms with E-state index in [9.17, 15) is 4.79 Å². The van der Waals surface area contributed by atoms with E-state index in [1.807, 2.05) is 47.1 Å². The average Bonchev–Trinajstić information content (AvgIpc) is 3.52. The largest absolute Gasteiger partial charge is 0.497 e. The van der Waals surface area contributed by atoms with E-state index in [0.717, 1.165) is 46.4 Å². The smallest absolute Gasteiger partial charge is 0.252 e. The van der Waals surface area contributed by atoms with Crippen molar-refractivity contribution >= 4 is 10.9 Å². The number of methoxy groups -OCH3 is 1. The van der Waals surface area contributed by atoms with E-state index in [1.54, 1.807) is 7.11 Å². The van der Waals surface area contributed by atoms with Gasteiger partial charge in [0.2, 0.25) is 0 Å². The Labute approximate surface area is 192 Å². The number of pyridine rings is 1. The average molecular weight is 445 g/mol. The van der Waals surface area contributed by atoms with Crippen LogP contribution in [0.3, 0.4) is 0 Å². The predicted octanol–water partition coefficient (Wildman–Crippen LogP) is 3.52. The van der Waals surface area contributed by atoms with Gasteiger partial charge in [0.25, 0.3) is 5.56 Å². The third-order valence-corrected chi connectivity index (χ3v) is 6.47. The Bertz CT molecular complexity index is 1280. The van der Waals surface area contributed by atoms with Gasteiger partial charge in [0.15, 0.2) is 5.82 Å². The van der Waals surface area contributed by atoms with Crippen molar-refractivity contribution in [2.24, 2.45) is 0 Å². The summed E-state index contributed by atoms with van der Waals surface area (Å²) in [6.07, 6.45) is 4.67. The molecule has 1 aliphatic rings. The normalized spacial score (nSPS) is 14.4. The number of H-pyrrole nitrogens is 1. The van der Waals surface area contributed by atoms with Crippen LogP contribution in [0.15, 0.2) is 59.4 Å². The molecule has 0 unspecified atom stereocenters. The molecule has 0 radical (unpaired) electrons. The van der Waals surface area contributed by atoms with Crippen LogP contribution < -0.4 is 10.3 Å². The van der Waals surface area contributed by atoms with Crippen LogP contribution in [0.5, 0.6) is 5.75 Å². The zero-order valence-electron chi connectivity index (χ0n) is 18.8. The molecule has 8 nitrogen and oxygen atoms in total. The minimum Gasteiger partial charge on any atom is -0.497 e. The molecule has 1 N–H and O–H groups in total. The van der Waals surface area contributed by atoms with Crippen molar-refractivity contribution in [3.05, 3.63) is 81.9 Å². The van der Waals surface area contributed by atoms with Crippen LogP contribution in [-0.2, 0) is 19.6 Å². The van der Waals surface area contributed by atoms with Crippen LogP contribution in [0, 0.1) is 0 Å². The lowest BCUT2D eigenvalue weighted by atomic mass is 10.1. The van der Waals surface area contributed by atoms with Gasteiger partial charge in [-0.3, -0.25) is 9.69 Å². The summed E-state index contributed by atoms with van der Waals surface area (Å²) in [6.45, 7) is 1.77. The minimum atomic E-state index is -0.0560. The van der Waals surface area contributed by atoms with Gasteiger partial charge in [0.1, 0.15) is 5.75 Å². The second kappa shape index (κ2) is 9.54. The molecule has 0 aliphatic heterocycles. The number of tetrazole rings is 1. The first-order chi connectivity index (χ1) is 16.2. The Morgan fingerprint density at radius 3 is 2.70 bits per heavy atom. The van der Waals surface area contributed by atoms with Gasteiger partial charge in [0, 0.05) is 29.1 Å². The van der Waals surface area contributed by atoms with Crippen LogP contribution in [0.4, 0.5) is 0 Å². The van der Waals surface area contributed by atoms with Crippen molar-refractivity contribution in [1.29, 1.82) is 0 Å².